The molecule has 0 atom stereocenters. The number of aryl methyl sites for hydroxylation is 1. The molecule has 1 amide bonds. The number of carbonyl (C=O) groups excluding carboxylic acids is 1. The molecular formula is C15H25N5O. The van der Waals surface area contributed by atoms with Gasteiger partial charge >= 0.3 is 0 Å². The molecule has 1 saturated carbocycles. The minimum atomic E-state index is -0.316. The zero-order chi connectivity index (χ0) is 15.2. The highest BCUT2D eigenvalue weighted by molar-refractivity contribution is 5.79. The number of hydrogen-bond donors (Lipinski definition) is 2. The van der Waals surface area contributed by atoms with Crippen LogP contribution in [-0.2, 0) is 11.2 Å². The lowest BCUT2D eigenvalue weighted by Crippen LogP contribution is -2.41. The summed E-state index contributed by atoms with van der Waals surface area (Å²) in [7, 11) is 1.84. The van der Waals surface area contributed by atoms with Gasteiger partial charge in [0.2, 0.25) is 5.91 Å². The van der Waals surface area contributed by atoms with Gasteiger partial charge in [0.15, 0.2) is 0 Å². The van der Waals surface area contributed by atoms with Gasteiger partial charge in [-0.05, 0) is 19.3 Å². The molecule has 0 spiro atoms. The van der Waals surface area contributed by atoms with E-state index < -0.39 is 0 Å². The van der Waals surface area contributed by atoms with Crippen molar-refractivity contribution >= 4 is 17.5 Å². The molecule has 0 unspecified atom stereocenters. The molecule has 0 bridgehead atoms. The van der Waals surface area contributed by atoms with Crippen molar-refractivity contribution < 1.29 is 4.79 Å². The number of hydrogen-bond acceptors (Lipinski definition) is 5. The molecular weight excluding hydrogens is 266 g/mol. The maximum atomic E-state index is 11.4. The molecule has 0 aromatic carbocycles. The number of aromatic nitrogens is 2. The largest absolute Gasteiger partial charge is 0.373 e. The summed E-state index contributed by atoms with van der Waals surface area (Å²) in [5.41, 5.74) is 5.43. The average molecular weight is 291 g/mol. The summed E-state index contributed by atoms with van der Waals surface area (Å²) in [6, 6.07) is 2.26. The van der Waals surface area contributed by atoms with Gasteiger partial charge in [0, 0.05) is 25.6 Å². The Labute approximate surface area is 126 Å². The van der Waals surface area contributed by atoms with Gasteiger partial charge in [0.05, 0.1) is 6.54 Å². The number of nitrogens with one attached hydrogen (secondary N) is 1. The summed E-state index contributed by atoms with van der Waals surface area (Å²) in [5, 5.41) is 3.07. The molecule has 6 nitrogen and oxygen atoms in total. The zero-order valence-electron chi connectivity index (χ0n) is 12.9. The highest BCUT2D eigenvalue weighted by atomic mass is 16.1. The number of anilines is 2. The monoisotopic (exact) mass is 291 g/mol. The molecule has 1 fully saturated rings. The van der Waals surface area contributed by atoms with Crippen molar-refractivity contribution in [2.24, 2.45) is 5.73 Å². The molecule has 3 N–H and O–H groups in total. The standard InChI is InChI=1S/C15H25N5O/c1-3-6-13-18-14(17-2)9-15(19-13)20(10-12(16)21)11-7-4-5-8-11/h9,11H,3-8,10H2,1-2H3,(H2,16,21)(H,17,18,19). The Bertz CT molecular complexity index is 485. The van der Waals surface area contributed by atoms with Crippen LogP contribution in [0.1, 0.15) is 44.9 Å². The third-order valence-corrected chi connectivity index (χ3v) is 3.87. The Morgan fingerprint density at radius 2 is 2.14 bits per heavy atom. The second-order valence-corrected chi connectivity index (χ2v) is 5.56. The van der Waals surface area contributed by atoms with Gasteiger partial charge in [-0.25, -0.2) is 9.97 Å². The normalized spacial score (nSPS) is 15.1. The highest BCUT2D eigenvalue weighted by Crippen LogP contribution is 2.28. The number of nitrogens with zero attached hydrogens (tertiary/aromatic N) is 3. The van der Waals surface area contributed by atoms with Crippen LogP contribution in [0.5, 0.6) is 0 Å². The van der Waals surface area contributed by atoms with Crippen molar-refractivity contribution in [3.05, 3.63) is 11.9 Å². The predicted octanol–water partition coefficient (Wildman–Crippen LogP) is 1.71. The summed E-state index contributed by atoms with van der Waals surface area (Å²) in [6.07, 6.45) is 6.41. The van der Waals surface area contributed by atoms with Crippen molar-refractivity contribution in [2.45, 2.75) is 51.5 Å². The van der Waals surface area contributed by atoms with E-state index in [0.717, 1.165) is 43.1 Å². The number of carbonyl (C=O) groups is 1. The highest BCUT2D eigenvalue weighted by Gasteiger charge is 2.25. The van der Waals surface area contributed by atoms with Crippen LogP contribution in [0.2, 0.25) is 0 Å². The van der Waals surface area contributed by atoms with E-state index in [2.05, 4.69) is 27.1 Å². The maximum absolute atomic E-state index is 11.4. The van der Waals surface area contributed by atoms with Crippen molar-refractivity contribution in [2.75, 3.05) is 23.8 Å². The van der Waals surface area contributed by atoms with E-state index in [0.29, 0.717) is 6.04 Å². The second-order valence-electron chi connectivity index (χ2n) is 5.56. The Kier molecular flexibility index (Phi) is 5.36. The molecule has 0 saturated heterocycles. The first-order valence-electron chi connectivity index (χ1n) is 7.74. The van der Waals surface area contributed by atoms with Gasteiger partial charge in [0.1, 0.15) is 17.5 Å². The van der Waals surface area contributed by atoms with Gasteiger partial charge in [-0.1, -0.05) is 19.8 Å². The molecule has 0 radical (unpaired) electrons. The molecule has 1 aliphatic carbocycles. The van der Waals surface area contributed by atoms with E-state index in [4.69, 9.17) is 5.73 Å². The van der Waals surface area contributed by atoms with Gasteiger partial charge in [0.25, 0.3) is 0 Å². The average Bonchev–Trinajstić information content (AvgIpc) is 2.98. The summed E-state index contributed by atoms with van der Waals surface area (Å²) in [5.74, 6) is 2.09. The fourth-order valence-corrected chi connectivity index (χ4v) is 2.87. The second kappa shape index (κ2) is 7.24. The molecule has 21 heavy (non-hydrogen) atoms. The minimum absolute atomic E-state index is 0.219. The van der Waals surface area contributed by atoms with Crippen LogP contribution in [0.15, 0.2) is 6.07 Å². The summed E-state index contributed by atoms with van der Waals surface area (Å²) >= 11 is 0. The van der Waals surface area contributed by atoms with Gasteiger partial charge in [-0.15, -0.1) is 0 Å². The van der Waals surface area contributed by atoms with E-state index in [-0.39, 0.29) is 12.5 Å². The summed E-state index contributed by atoms with van der Waals surface area (Å²) in [4.78, 5) is 22.6. The predicted molar refractivity (Wildman–Crippen MR) is 84.4 cm³/mol. The molecule has 0 aliphatic heterocycles. The lowest BCUT2D eigenvalue weighted by Gasteiger charge is -2.29. The molecule has 6 heteroatoms. The van der Waals surface area contributed by atoms with Crippen LogP contribution in [0, 0.1) is 0 Å². The third kappa shape index (κ3) is 4.06. The van der Waals surface area contributed by atoms with Crippen LogP contribution >= 0.6 is 0 Å². The van der Waals surface area contributed by atoms with E-state index in [1.807, 2.05) is 13.1 Å². The van der Waals surface area contributed by atoms with E-state index >= 15 is 0 Å². The summed E-state index contributed by atoms with van der Waals surface area (Å²) < 4.78 is 0. The van der Waals surface area contributed by atoms with Crippen molar-refractivity contribution in [3.63, 3.8) is 0 Å². The molecule has 1 heterocycles. The fourth-order valence-electron chi connectivity index (χ4n) is 2.87. The number of amides is 1. The van der Waals surface area contributed by atoms with Crippen LogP contribution in [0.4, 0.5) is 11.6 Å². The number of primary amides is 1. The number of nitrogens with two attached hydrogens (primary N) is 1. The van der Waals surface area contributed by atoms with E-state index in [1.165, 1.54) is 12.8 Å². The van der Waals surface area contributed by atoms with Gasteiger partial charge < -0.3 is 16.0 Å². The smallest absolute Gasteiger partial charge is 0.237 e. The summed E-state index contributed by atoms with van der Waals surface area (Å²) in [6.45, 7) is 2.32. The zero-order valence-corrected chi connectivity index (χ0v) is 12.9. The molecule has 2 rings (SSSR count). The number of rotatable bonds is 7. The van der Waals surface area contributed by atoms with Crippen molar-refractivity contribution in [3.8, 4) is 0 Å². The van der Waals surface area contributed by atoms with Crippen LogP contribution < -0.4 is 16.0 Å². The Balaban J connectivity index is 2.32. The first kappa shape index (κ1) is 15.5. The Morgan fingerprint density at radius 1 is 1.43 bits per heavy atom. The molecule has 1 aromatic rings. The van der Waals surface area contributed by atoms with Gasteiger partial charge in [-0.2, -0.15) is 0 Å². The van der Waals surface area contributed by atoms with E-state index in [1.54, 1.807) is 0 Å². The molecule has 116 valence electrons. The van der Waals surface area contributed by atoms with Crippen LogP contribution in [0.25, 0.3) is 0 Å². The minimum Gasteiger partial charge on any atom is -0.373 e. The Hall–Kier alpha value is -1.85. The lowest BCUT2D eigenvalue weighted by molar-refractivity contribution is -0.116. The first-order chi connectivity index (χ1) is 10.1. The first-order valence-corrected chi connectivity index (χ1v) is 7.74. The van der Waals surface area contributed by atoms with Crippen LogP contribution in [-0.4, -0.2) is 35.5 Å². The molecule has 1 aromatic heterocycles. The lowest BCUT2D eigenvalue weighted by atomic mass is 10.2. The third-order valence-electron chi connectivity index (χ3n) is 3.87. The fraction of sp³-hybridized carbons (Fsp3) is 0.667. The van der Waals surface area contributed by atoms with Gasteiger partial charge in [-0.3, -0.25) is 4.79 Å². The Morgan fingerprint density at radius 3 is 2.71 bits per heavy atom. The van der Waals surface area contributed by atoms with Crippen molar-refractivity contribution in [1.29, 1.82) is 0 Å². The topological polar surface area (TPSA) is 84.1 Å². The quantitative estimate of drug-likeness (QED) is 0.799. The molecule has 1 aliphatic rings. The maximum Gasteiger partial charge on any atom is 0.237 e. The van der Waals surface area contributed by atoms with Crippen LogP contribution in [0.3, 0.4) is 0 Å². The van der Waals surface area contributed by atoms with Crippen molar-refractivity contribution in [1.82, 2.24) is 9.97 Å². The SMILES string of the molecule is CCCc1nc(NC)cc(N(CC(N)=O)C2CCCC2)n1. The van der Waals surface area contributed by atoms with E-state index in [9.17, 15) is 4.79 Å².